The van der Waals surface area contributed by atoms with Gasteiger partial charge in [-0.05, 0) is 35.9 Å². The summed E-state index contributed by atoms with van der Waals surface area (Å²) in [6, 6.07) is 13.3. The lowest BCUT2D eigenvalue weighted by molar-refractivity contribution is -0.120. The Kier molecular flexibility index (Phi) is 5.61. The van der Waals surface area contributed by atoms with Crippen molar-refractivity contribution in [3.8, 4) is 5.69 Å². The lowest BCUT2D eigenvalue weighted by Gasteiger charge is -2.14. The Morgan fingerprint density at radius 1 is 1.19 bits per heavy atom. The van der Waals surface area contributed by atoms with Crippen LogP contribution in [0.4, 0.5) is 0 Å². The van der Waals surface area contributed by atoms with Crippen LogP contribution in [-0.2, 0) is 23.2 Å². The van der Waals surface area contributed by atoms with E-state index in [0.29, 0.717) is 18.0 Å². The first-order valence-electron chi connectivity index (χ1n) is 8.84. The van der Waals surface area contributed by atoms with Crippen LogP contribution in [-0.4, -0.2) is 20.7 Å². The highest BCUT2D eigenvalue weighted by molar-refractivity contribution is 6.30. The molecule has 0 unspecified atom stereocenters. The van der Waals surface area contributed by atoms with Crippen molar-refractivity contribution in [3.05, 3.63) is 76.8 Å². The summed E-state index contributed by atoms with van der Waals surface area (Å²) < 4.78 is 1.84. The highest BCUT2D eigenvalue weighted by Crippen LogP contribution is 2.24. The second-order valence-corrected chi connectivity index (χ2v) is 7.91. The Morgan fingerprint density at radius 2 is 2.00 bits per heavy atom. The first-order valence-corrected chi connectivity index (χ1v) is 9.22. The van der Waals surface area contributed by atoms with Crippen LogP contribution in [0.3, 0.4) is 0 Å². The molecule has 3 rings (SSSR count). The minimum absolute atomic E-state index is 0.0563. The fourth-order valence-corrected chi connectivity index (χ4v) is 2.87. The van der Waals surface area contributed by atoms with Crippen LogP contribution < -0.4 is 5.32 Å². The number of carbonyl (C=O) groups is 1. The monoisotopic (exact) mass is 382 g/mol. The largest absolute Gasteiger partial charge is 0.350 e. The second-order valence-electron chi connectivity index (χ2n) is 7.48. The van der Waals surface area contributed by atoms with Crippen LogP contribution in [0.1, 0.15) is 37.7 Å². The molecule has 6 heteroatoms. The average molecular weight is 383 g/mol. The number of amides is 1. The summed E-state index contributed by atoms with van der Waals surface area (Å²) >= 11 is 6.14. The van der Waals surface area contributed by atoms with Crippen molar-refractivity contribution in [1.29, 1.82) is 0 Å². The lowest BCUT2D eigenvalue weighted by atomic mass is 9.92. The Bertz CT molecular complexity index is 929. The summed E-state index contributed by atoms with van der Waals surface area (Å²) in [6.45, 7) is 6.72. The predicted octanol–water partition coefficient (Wildman–Crippen LogP) is 4.08. The maximum absolute atomic E-state index is 12.3. The number of carbonyl (C=O) groups excluding carboxylic acids is 1. The Labute approximate surface area is 164 Å². The maximum Gasteiger partial charge on any atom is 0.224 e. The van der Waals surface area contributed by atoms with Gasteiger partial charge in [-0.2, -0.15) is 5.10 Å². The van der Waals surface area contributed by atoms with Crippen molar-refractivity contribution < 1.29 is 4.79 Å². The molecule has 1 aromatic carbocycles. The number of nitrogens with one attached hydrogen (secondary N) is 1. The second kappa shape index (κ2) is 7.92. The fraction of sp³-hybridized carbons (Fsp3) is 0.286. The molecule has 0 saturated carbocycles. The van der Waals surface area contributed by atoms with E-state index in [4.69, 9.17) is 16.7 Å². The van der Waals surface area contributed by atoms with Gasteiger partial charge < -0.3 is 5.32 Å². The van der Waals surface area contributed by atoms with Gasteiger partial charge in [-0.15, -0.1) is 0 Å². The number of halogens is 1. The molecule has 27 heavy (non-hydrogen) atoms. The van der Waals surface area contributed by atoms with Gasteiger partial charge in [0.05, 0.1) is 30.0 Å². The van der Waals surface area contributed by atoms with Gasteiger partial charge in [-0.3, -0.25) is 9.78 Å². The average Bonchev–Trinajstić information content (AvgIpc) is 3.05. The van der Waals surface area contributed by atoms with Gasteiger partial charge in [0.2, 0.25) is 5.91 Å². The maximum atomic E-state index is 12.3. The Balaban J connectivity index is 1.81. The first-order chi connectivity index (χ1) is 12.8. The van der Waals surface area contributed by atoms with Gasteiger partial charge in [0.25, 0.3) is 0 Å². The summed E-state index contributed by atoms with van der Waals surface area (Å²) in [5.74, 6) is -0.0563. The minimum atomic E-state index is -0.0989. The van der Waals surface area contributed by atoms with E-state index >= 15 is 0 Å². The van der Waals surface area contributed by atoms with Gasteiger partial charge in [0, 0.05) is 22.8 Å². The summed E-state index contributed by atoms with van der Waals surface area (Å²) in [5, 5.41) is 8.37. The zero-order valence-corrected chi connectivity index (χ0v) is 16.5. The normalized spacial score (nSPS) is 11.4. The molecule has 5 nitrogen and oxygen atoms in total. The van der Waals surface area contributed by atoms with Crippen LogP contribution in [0.2, 0.25) is 5.02 Å². The predicted molar refractivity (Wildman–Crippen MR) is 107 cm³/mol. The molecule has 2 heterocycles. The fourth-order valence-electron chi connectivity index (χ4n) is 2.68. The molecular formula is C21H23ClN4O. The van der Waals surface area contributed by atoms with Crippen molar-refractivity contribution in [2.24, 2.45) is 0 Å². The highest BCUT2D eigenvalue weighted by Gasteiger charge is 2.21. The van der Waals surface area contributed by atoms with Crippen molar-refractivity contribution in [1.82, 2.24) is 20.1 Å². The van der Waals surface area contributed by atoms with Crippen LogP contribution in [0.15, 0.2) is 54.9 Å². The van der Waals surface area contributed by atoms with Crippen LogP contribution >= 0.6 is 11.6 Å². The third-order valence-corrected chi connectivity index (χ3v) is 4.39. The molecule has 0 aliphatic rings. The lowest BCUT2D eigenvalue weighted by Crippen LogP contribution is -2.25. The molecule has 0 aliphatic heterocycles. The van der Waals surface area contributed by atoms with E-state index in [1.54, 1.807) is 12.4 Å². The number of hydrogen-bond acceptors (Lipinski definition) is 3. The molecular weight excluding hydrogens is 360 g/mol. The van der Waals surface area contributed by atoms with Crippen molar-refractivity contribution in [2.75, 3.05) is 0 Å². The molecule has 0 saturated heterocycles. The summed E-state index contributed by atoms with van der Waals surface area (Å²) in [5.41, 5.74) is 3.52. The topological polar surface area (TPSA) is 59.8 Å². The summed E-state index contributed by atoms with van der Waals surface area (Å²) in [6.07, 6.45) is 3.69. The standard InChI is InChI=1S/C21H23ClN4O/c1-21(2,3)19-12-18(26(25-19)17-8-4-7-16(22)11-17)14-24-20(27)10-15-6-5-9-23-13-15/h4-9,11-13H,10,14H2,1-3H3,(H,24,27). The zero-order valence-electron chi connectivity index (χ0n) is 15.7. The minimum Gasteiger partial charge on any atom is -0.350 e. The van der Waals surface area contributed by atoms with E-state index in [-0.39, 0.29) is 11.3 Å². The van der Waals surface area contributed by atoms with E-state index in [1.807, 2.05) is 47.1 Å². The van der Waals surface area contributed by atoms with Crippen molar-refractivity contribution in [2.45, 2.75) is 39.2 Å². The van der Waals surface area contributed by atoms with E-state index in [0.717, 1.165) is 22.6 Å². The number of hydrogen-bond donors (Lipinski definition) is 1. The molecule has 2 aromatic heterocycles. The van der Waals surface area contributed by atoms with Crippen molar-refractivity contribution in [3.63, 3.8) is 0 Å². The number of aromatic nitrogens is 3. The summed E-state index contributed by atoms with van der Waals surface area (Å²) in [7, 11) is 0. The number of benzene rings is 1. The van der Waals surface area contributed by atoms with Gasteiger partial charge in [-0.1, -0.05) is 44.5 Å². The van der Waals surface area contributed by atoms with E-state index in [9.17, 15) is 4.79 Å². The molecule has 0 fully saturated rings. The van der Waals surface area contributed by atoms with Gasteiger partial charge in [-0.25, -0.2) is 4.68 Å². The van der Waals surface area contributed by atoms with E-state index in [2.05, 4.69) is 31.1 Å². The number of nitrogens with zero attached hydrogens (tertiary/aromatic N) is 3. The van der Waals surface area contributed by atoms with Gasteiger partial charge in [0.15, 0.2) is 0 Å². The number of pyridine rings is 1. The molecule has 0 bridgehead atoms. The third-order valence-electron chi connectivity index (χ3n) is 4.16. The molecule has 0 aliphatic carbocycles. The quantitative estimate of drug-likeness (QED) is 0.723. The highest BCUT2D eigenvalue weighted by atomic mass is 35.5. The van der Waals surface area contributed by atoms with Crippen LogP contribution in [0, 0.1) is 0 Å². The molecule has 3 aromatic rings. The van der Waals surface area contributed by atoms with Gasteiger partial charge in [0.1, 0.15) is 0 Å². The van der Waals surface area contributed by atoms with Gasteiger partial charge >= 0.3 is 0 Å². The SMILES string of the molecule is CC(C)(C)c1cc(CNC(=O)Cc2cccnc2)n(-c2cccc(Cl)c2)n1. The zero-order chi connectivity index (χ0) is 19.4. The summed E-state index contributed by atoms with van der Waals surface area (Å²) in [4.78, 5) is 16.3. The Hall–Kier alpha value is -2.66. The van der Waals surface area contributed by atoms with Crippen LogP contribution in [0.5, 0.6) is 0 Å². The molecule has 1 amide bonds. The molecule has 0 spiro atoms. The smallest absolute Gasteiger partial charge is 0.224 e. The molecule has 1 N–H and O–H groups in total. The van der Waals surface area contributed by atoms with Crippen molar-refractivity contribution >= 4 is 17.5 Å². The first kappa shape index (κ1) is 19.1. The molecule has 0 radical (unpaired) electrons. The molecule has 140 valence electrons. The molecule has 0 atom stereocenters. The Morgan fingerprint density at radius 3 is 2.67 bits per heavy atom. The van der Waals surface area contributed by atoms with E-state index < -0.39 is 0 Å². The van der Waals surface area contributed by atoms with Crippen LogP contribution in [0.25, 0.3) is 5.69 Å². The third kappa shape index (κ3) is 4.95. The number of rotatable bonds is 5. The van der Waals surface area contributed by atoms with E-state index in [1.165, 1.54) is 0 Å².